The fraction of sp³-hybridized carbons (Fsp3) is 0.143. The van der Waals surface area contributed by atoms with Gasteiger partial charge in [-0.15, -0.1) is 0 Å². The summed E-state index contributed by atoms with van der Waals surface area (Å²) in [6, 6.07) is 27.8. The fourth-order valence-electron chi connectivity index (χ4n) is 3.15. The average Bonchev–Trinajstić information content (AvgIpc) is 2.69. The summed E-state index contributed by atoms with van der Waals surface area (Å²) in [6.45, 7) is 0. The highest BCUT2D eigenvalue weighted by Crippen LogP contribution is 2.71. The van der Waals surface area contributed by atoms with Gasteiger partial charge >= 0.3 is 0 Å². The molecule has 0 bridgehead atoms. The van der Waals surface area contributed by atoms with Crippen LogP contribution < -0.4 is 0 Å². The maximum Gasteiger partial charge on any atom is 0.265 e. The van der Waals surface area contributed by atoms with E-state index in [-0.39, 0.29) is 0 Å². The number of benzene rings is 3. The number of rotatable bonds is 3. The molecule has 5 heteroatoms. The van der Waals surface area contributed by atoms with Gasteiger partial charge in [0.2, 0.25) is 0 Å². The first kappa shape index (κ1) is 17.2. The monoisotopic (exact) mass is 366 g/mol. The molecule has 0 aliphatic carbocycles. The van der Waals surface area contributed by atoms with Gasteiger partial charge in [0.15, 0.2) is 18.0 Å². The van der Waals surface area contributed by atoms with Gasteiger partial charge in [-0.25, -0.2) is 0 Å². The summed E-state index contributed by atoms with van der Waals surface area (Å²) in [5.41, 5.74) is 2.15. The zero-order chi connectivity index (χ0) is 18.0. The Kier molecular flexibility index (Phi) is 4.75. The largest absolute Gasteiger partial charge is 0.340 e. The summed E-state index contributed by atoms with van der Waals surface area (Å²) in [7, 11) is -3.85. The summed E-state index contributed by atoms with van der Waals surface area (Å²) in [5, 5.41) is 0. The topological polar surface area (TPSA) is 55.8 Å². The van der Waals surface area contributed by atoms with Crippen molar-refractivity contribution in [3.63, 3.8) is 0 Å². The first-order valence-corrected chi connectivity index (χ1v) is 10.2. The van der Waals surface area contributed by atoms with Crippen molar-refractivity contribution in [2.45, 2.75) is 18.0 Å². The minimum atomic E-state index is -3.85. The first-order valence-electron chi connectivity index (χ1n) is 8.44. The van der Waals surface area contributed by atoms with Gasteiger partial charge in [-0.1, -0.05) is 91.0 Å². The van der Waals surface area contributed by atoms with Crippen molar-refractivity contribution in [1.82, 2.24) is 0 Å². The first-order chi connectivity index (χ1) is 12.7. The smallest absolute Gasteiger partial charge is 0.265 e. The zero-order valence-electron chi connectivity index (χ0n) is 14.0. The summed E-state index contributed by atoms with van der Waals surface area (Å²) in [5.74, 6) is -1.90. The summed E-state index contributed by atoms with van der Waals surface area (Å²) >= 11 is 0. The van der Waals surface area contributed by atoms with Crippen LogP contribution in [0.4, 0.5) is 0 Å². The van der Waals surface area contributed by atoms with E-state index in [1.54, 1.807) is 0 Å². The van der Waals surface area contributed by atoms with Crippen LogP contribution in [-0.4, -0.2) is 4.89 Å². The van der Waals surface area contributed by atoms with E-state index in [0.29, 0.717) is 11.1 Å². The van der Waals surface area contributed by atoms with E-state index in [1.165, 1.54) is 0 Å². The van der Waals surface area contributed by atoms with Crippen molar-refractivity contribution in [2.75, 3.05) is 0 Å². The molecule has 0 saturated carbocycles. The third kappa shape index (κ3) is 3.25. The number of hydrogen-bond acceptors (Lipinski definition) is 3. The van der Waals surface area contributed by atoms with Crippen LogP contribution in [0.25, 0.3) is 0 Å². The van der Waals surface area contributed by atoms with E-state index >= 15 is 0 Å². The van der Waals surface area contributed by atoms with Crippen LogP contribution in [0.3, 0.4) is 0 Å². The van der Waals surface area contributed by atoms with Crippen LogP contribution in [0.1, 0.15) is 34.7 Å². The quantitative estimate of drug-likeness (QED) is 0.631. The Hall–Kier alpha value is -2.23. The van der Waals surface area contributed by atoms with Crippen LogP contribution in [0, 0.1) is 0 Å². The summed E-state index contributed by atoms with van der Waals surface area (Å²) < 4.78 is 25.4. The predicted molar refractivity (Wildman–Crippen MR) is 99.5 cm³/mol. The molecule has 0 spiro atoms. The van der Waals surface area contributed by atoms with Crippen molar-refractivity contribution in [2.24, 2.45) is 0 Å². The van der Waals surface area contributed by atoms with Crippen molar-refractivity contribution >= 4 is 7.37 Å². The molecule has 1 fully saturated rings. The van der Waals surface area contributed by atoms with Gasteiger partial charge < -0.3 is 14.4 Å². The van der Waals surface area contributed by atoms with Crippen molar-refractivity contribution < 1.29 is 18.9 Å². The van der Waals surface area contributed by atoms with E-state index in [1.807, 2.05) is 91.0 Å². The van der Waals surface area contributed by atoms with E-state index in [9.17, 15) is 9.46 Å². The maximum absolute atomic E-state index is 13.4. The average molecular weight is 366 g/mol. The highest BCUT2D eigenvalue weighted by molar-refractivity contribution is 7.58. The minimum Gasteiger partial charge on any atom is -0.340 e. The summed E-state index contributed by atoms with van der Waals surface area (Å²) in [4.78, 5) is 11.0. The third-order valence-corrected chi connectivity index (χ3v) is 6.60. The van der Waals surface area contributed by atoms with E-state index in [2.05, 4.69) is 0 Å². The molecule has 1 saturated heterocycles. The highest BCUT2D eigenvalue weighted by atomic mass is 31.2. The van der Waals surface area contributed by atoms with Crippen molar-refractivity contribution in [1.29, 1.82) is 0 Å². The molecule has 1 aliphatic rings. The Morgan fingerprint density at radius 1 is 0.615 bits per heavy atom. The Bertz CT molecular complexity index is 846. The standard InChI is InChI=1S/C21H19O4P/c22-26(23)20(17-12-6-2-7-13-17)24-19(16-10-4-1-5-11-16)25-21(26)18-14-8-3-9-15-18/h1-15,19-21H,(H,22,23)/t19?,20-,21+. The van der Waals surface area contributed by atoms with Crippen LogP contribution in [-0.2, 0) is 14.0 Å². The second-order valence-corrected chi connectivity index (χ2v) is 8.50. The zero-order valence-corrected chi connectivity index (χ0v) is 14.9. The van der Waals surface area contributed by atoms with Gasteiger partial charge in [0.05, 0.1) is 0 Å². The molecule has 0 amide bonds. The Labute approximate surface area is 152 Å². The lowest BCUT2D eigenvalue weighted by molar-refractivity contribution is -0.195. The second-order valence-electron chi connectivity index (χ2n) is 6.21. The lowest BCUT2D eigenvalue weighted by atomic mass is 10.2. The maximum atomic E-state index is 13.4. The molecule has 4 nitrogen and oxygen atoms in total. The lowest BCUT2D eigenvalue weighted by Gasteiger charge is -2.39. The molecular formula is C21H19O4P. The van der Waals surface area contributed by atoms with Gasteiger partial charge in [0.1, 0.15) is 0 Å². The second kappa shape index (κ2) is 7.18. The SMILES string of the molecule is O=P1(O)[C@@H](c2ccccc2)OC(c2ccccc2)O[C@H]1c1ccccc1. The Morgan fingerprint density at radius 2 is 0.962 bits per heavy atom. The Morgan fingerprint density at radius 3 is 1.35 bits per heavy atom. The fourth-order valence-corrected chi connectivity index (χ4v) is 5.17. The van der Waals surface area contributed by atoms with E-state index < -0.39 is 25.3 Å². The molecule has 26 heavy (non-hydrogen) atoms. The highest BCUT2D eigenvalue weighted by Gasteiger charge is 2.49. The molecule has 1 N–H and O–H groups in total. The normalized spacial score (nSPS) is 28.6. The van der Waals surface area contributed by atoms with Gasteiger partial charge in [0, 0.05) is 5.56 Å². The van der Waals surface area contributed by atoms with Crippen LogP contribution in [0.5, 0.6) is 0 Å². The molecule has 0 radical (unpaired) electrons. The third-order valence-electron chi connectivity index (χ3n) is 4.42. The molecule has 2 unspecified atom stereocenters. The van der Waals surface area contributed by atoms with Gasteiger partial charge in [-0.3, -0.25) is 4.57 Å². The predicted octanol–water partition coefficient (Wildman–Crippen LogP) is 5.40. The molecule has 0 aromatic heterocycles. The summed E-state index contributed by atoms with van der Waals surface area (Å²) in [6.07, 6.45) is -0.721. The minimum absolute atomic E-state index is 0.670. The van der Waals surface area contributed by atoms with Gasteiger partial charge in [-0.2, -0.15) is 0 Å². The molecule has 4 atom stereocenters. The van der Waals surface area contributed by atoms with Crippen molar-refractivity contribution in [3.05, 3.63) is 108 Å². The van der Waals surface area contributed by atoms with Crippen LogP contribution >= 0.6 is 7.37 Å². The molecule has 3 aromatic rings. The van der Waals surface area contributed by atoms with E-state index in [0.717, 1.165) is 5.56 Å². The number of ether oxygens (including phenoxy) is 2. The molecule has 1 heterocycles. The molecule has 1 aliphatic heterocycles. The molecule has 3 aromatic carbocycles. The molecule has 132 valence electrons. The van der Waals surface area contributed by atoms with Crippen molar-refractivity contribution in [3.8, 4) is 0 Å². The molecule has 4 rings (SSSR count). The van der Waals surface area contributed by atoms with E-state index in [4.69, 9.17) is 9.47 Å². The Balaban J connectivity index is 1.79. The number of hydrogen-bond donors (Lipinski definition) is 1. The van der Waals surface area contributed by atoms with Gasteiger partial charge in [0.25, 0.3) is 7.37 Å². The van der Waals surface area contributed by atoms with Gasteiger partial charge in [-0.05, 0) is 11.1 Å². The molecular weight excluding hydrogens is 347 g/mol. The van der Waals surface area contributed by atoms with Crippen LogP contribution in [0.15, 0.2) is 91.0 Å². The lowest BCUT2D eigenvalue weighted by Crippen LogP contribution is -2.25. The van der Waals surface area contributed by atoms with Crippen LogP contribution in [0.2, 0.25) is 0 Å².